The molecule has 1 fully saturated rings. The number of rotatable bonds is 4. The van der Waals surface area contributed by atoms with Gasteiger partial charge in [0.05, 0.1) is 6.42 Å². The SMILES string of the molecule is Cc1cc2onc(CC(=O)Nc3ccc(N4CCCCC4)cc3)c2cc1C. The number of aryl methyl sites for hydroxylation is 2. The third kappa shape index (κ3) is 3.82. The van der Waals surface area contributed by atoms with E-state index in [1.807, 2.05) is 31.2 Å². The Morgan fingerprint density at radius 3 is 2.52 bits per heavy atom. The lowest BCUT2D eigenvalue weighted by molar-refractivity contribution is -0.115. The Balaban J connectivity index is 1.43. The van der Waals surface area contributed by atoms with Crippen LogP contribution in [0, 0.1) is 13.8 Å². The van der Waals surface area contributed by atoms with E-state index in [2.05, 4.69) is 34.4 Å². The van der Waals surface area contributed by atoms with Crippen molar-refractivity contribution in [3.8, 4) is 0 Å². The van der Waals surface area contributed by atoms with Crippen molar-refractivity contribution in [1.29, 1.82) is 0 Å². The van der Waals surface area contributed by atoms with Gasteiger partial charge in [-0.25, -0.2) is 0 Å². The molecule has 3 aromatic rings. The van der Waals surface area contributed by atoms with Crippen LogP contribution in [-0.2, 0) is 11.2 Å². The minimum absolute atomic E-state index is 0.0887. The molecule has 2 aromatic carbocycles. The van der Waals surface area contributed by atoms with Crippen molar-refractivity contribution in [2.24, 2.45) is 0 Å². The van der Waals surface area contributed by atoms with Gasteiger partial charge in [-0.3, -0.25) is 4.79 Å². The van der Waals surface area contributed by atoms with Gasteiger partial charge in [-0.2, -0.15) is 0 Å². The summed E-state index contributed by atoms with van der Waals surface area (Å²) in [5.74, 6) is -0.0887. The van der Waals surface area contributed by atoms with E-state index in [4.69, 9.17) is 4.52 Å². The average Bonchev–Trinajstić information content (AvgIpc) is 3.05. The number of nitrogens with one attached hydrogen (secondary N) is 1. The third-order valence-corrected chi connectivity index (χ3v) is 5.36. The van der Waals surface area contributed by atoms with Crippen LogP contribution >= 0.6 is 0 Å². The first-order valence-electron chi connectivity index (χ1n) is 9.60. The molecule has 140 valence electrons. The number of hydrogen-bond acceptors (Lipinski definition) is 4. The van der Waals surface area contributed by atoms with Gasteiger partial charge < -0.3 is 14.7 Å². The van der Waals surface area contributed by atoms with Gasteiger partial charge >= 0.3 is 0 Å². The monoisotopic (exact) mass is 363 g/mol. The topological polar surface area (TPSA) is 58.4 Å². The predicted molar refractivity (Wildman–Crippen MR) is 108 cm³/mol. The van der Waals surface area contributed by atoms with Crippen molar-refractivity contribution in [2.75, 3.05) is 23.3 Å². The smallest absolute Gasteiger partial charge is 0.230 e. The summed E-state index contributed by atoms with van der Waals surface area (Å²) in [6.07, 6.45) is 4.02. The normalized spacial score (nSPS) is 14.5. The maximum atomic E-state index is 12.5. The summed E-state index contributed by atoms with van der Waals surface area (Å²) < 4.78 is 5.38. The Morgan fingerprint density at radius 1 is 1.07 bits per heavy atom. The minimum Gasteiger partial charge on any atom is -0.372 e. The maximum Gasteiger partial charge on any atom is 0.230 e. The number of fused-ring (bicyclic) bond motifs is 1. The minimum atomic E-state index is -0.0887. The van der Waals surface area contributed by atoms with E-state index in [0.717, 1.165) is 35.3 Å². The zero-order valence-electron chi connectivity index (χ0n) is 15.9. The summed E-state index contributed by atoms with van der Waals surface area (Å²) in [5, 5.41) is 7.96. The Bertz CT molecular complexity index is 954. The van der Waals surface area contributed by atoms with Crippen LogP contribution in [0.3, 0.4) is 0 Å². The van der Waals surface area contributed by atoms with E-state index in [0.29, 0.717) is 5.69 Å². The largest absolute Gasteiger partial charge is 0.372 e. The van der Waals surface area contributed by atoms with Gasteiger partial charge in [0.15, 0.2) is 5.58 Å². The first-order valence-corrected chi connectivity index (χ1v) is 9.60. The van der Waals surface area contributed by atoms with E-state index in [9.17, 15) is 4.79 Å². The number of piperidine rings is 1. The van der Waals surface area contributed by atoms with Gasteiger partial charge in [-0.1, -0.05) is 5.16 Å². The summed E-state index contributed by atoms with van der Waals surface area (Å²) in [4.78, 5) is 14.9. The van der Waals surface area contributed by atoms with Crippen LogP contribution in [0.25, 0.3) is 11.0 Å². The number of amides is 1. The second-order valence-electron chi connectivity index (χ2n) is 7.38. The Hall–Kier alpha value is -2.82. The van der Waals surface area contributed by atoms with Gasteiger partial charge in [0.2, 0.25) is 5.91 Å². The third-order valence-electron chi connectivity index (χ3n) is 5.36. The number of carbonyl (C=O) groups excluding carboxylic acids is 1. The standard InChI is InChI=1S/C22H25N3O2/c1-15-12-19-20(24-27-21(19)13-16(15)2)14-22(26)23-17-6-8-18(9-7-17)25-10-4-3-5-11-25/h6-9,12-13H,3-5,10-11,14H2,1-2H3,(H,23,26). The average molecular weight is 363 g/mol. The molecule has 0 aliphatic carbocycles. The van der Waals surface area contributed by atoms with Crippen LogP contribution in [0.4, 0.5) is 11.4 Å². The van der Waals surface area contributed by atoms with Crippen LogP contribution in [-0.4, -0.2) is 24.2 Å². The lowest BCUT2D eigenvalue weighted by Gasteiger charge is -2.28. The van der Waals surface area contributed by atoms with Crippen LogP contribution in [0.15, 0.2) is 40.9 Å². The molecule has 0 atom stereocenters. The Labute approximate surface area is 159 Å². The van der Waals surface area contributed by atoms with Crippen molar-refractivity contribution in [2.45, 2.75) is 39.5 Å². The highest BCUT2D eigenvalue weighted by molar-refractivity contribution is 5.95. The van der Waals surface area contributed by atoms with Crippen molar-refractivity contribution in [3.05, 3.63) is 53.2 Å². The molecule has 0 unspecified atom stereocenters. The fraction of sp³-hybridized carbons (Fsp3) is 0.364. The summed E-state index contributed by atoms with van der Waals surface area (Å²) in [6.45, 7) is 6.32. The molecule has 27 heavy (non-hydrogen) atoms. The molecule has 1 aliphatic heterocycles. The second-order valence-corrected chi connectivity index (χ2v) is 7.38. The second kappa shape index (κ2) is 7.43. The molecule has 0 spiro atoms. The maximum absolute atomic E-state index is 12.5. The van der Waals surface area contributed by atoms with Crippen molar-refractivity contribution < 1.29 is 9.32 Å². The molecule has 5 heteroatoms. The van der Waals surface area contributed by atoms with Gasteiger partial charge in [-0.15, -0.1) is 0 Å². The predicted octanol–water partition coefficient (Wildman–Crippen LogP) is 4.62. The van der Waals surface area contributed by atoms with Gasteiger partial charge in [0.1, 0.15) is 5.69 Å². The fourth-order valence-electron chi connectivity index (χ4n) is 3.64. The van der Waals surface area contributed by atoms with Crippen LogP contribution < -0.4 is 10.2 Å². The molecular weight excluding hydrogens is 338 g/mol. The summed E-state index contributed by atoms with van der Waals surface area (Å²) >= 11 is 0. The molecule has 5 nitrogen and oxygen atoms in total. The Kier molecular flexibility index (Phi) is 4.84. The molecule has 0 saturated carbocycles. The number of hydrogen-bond donors (Lipinski definition) is 1. The van der Waals surface area contributed by atoms with Crippen LogP contribution in [0.1, 0.15) is 36.1 Å². The van der Waals surface area contributed by atoms with E-state index >= 15 is 0 Å². The molecule has 0 bridgehead atoms. The van der Waals surface area contributed by atoms with E-state index in [1.54, 1.807) is 0 Å². The molecule has 1 aliphatic rings. The highest BCUT2D eigenvalue weighted by atomic mass is 16.5. The lowest BCUT2D eigenvalue weighted by atomic mass is 10.1. The van der Waals surface area contributed by atoms with Gasteiger partial charge in [0.25, 0.3) is 0 Å². The van der Waals surface area contributed by atoms with Gasteiger partial charge in [0, 0.05) is 29.9 Å². The van der Waals surface area contributed by atoms with E-state index < -0.39 is 0 Å². The van der Waals surface area contributed by atoms with Gasteiger partial charge in [-0.05, 0) is 80.6 Å². The molecule has 2 heterocycles. The summed E-state index contributed by atoms with van der Waals surface area (Å²) in [5.41, 5.74) is 5.76. The number of anilines is 2. The number of benzene rings is 2. The molecular formula is C22H25N3O2. The molecule has 1 N–H and O–H groups in total. The molecule has 1 saturated heterocycles. The fourth-order valence-corrected chi connectivity index (χ4v) is 3.64. The van der Waals surface area contributed by atoms with E-state index in [1.165, 1.54) is 30.5 Å². The highest BCUT2D eigenvalue weighted by Crippen LogP contribution is 2.24. The Morgan fingerprint density at radius 2 is 1.78 bits per heavy atom. The van der Waals surface area contributed by atoms with Crippen molar-refractivity contribution in [1.82, 2.24) is 5.16 Å². The zero-order chi connectivity index (χ0) is 18.8. The van der Waals surface area contributed by atoms with Crippen LogP contribution in [0.5, 0.6) is 0 Å². The quantitative estimate of drug-likeness (QED) is 0.735. The van der Waals surface area contributed by atoms with Crippen molar-refractivity contribution in [3.63, 3.8) is 0 Å². The highest BCUT2D eigenvalue weighted by Gasteiger charge is 2.14. The first kappa shape index (κ1) is 17.6. The number of aromatic nitrogens is 1. The molecule has 1 aromatic heterocycles. The lowest BCUT2D eigenvalue weighted by Crippen LogP contribution is -2.29. The zero-order valence-corrected chi connectivity index (χ0v) is 15.9. The first-order chi connectivity index (χ1) is 13.1. The number of carbonyl (C=O) groups is 1. The van der Waals surface area contributed by atoms with Crippen molar-refractivity contribution >= 4 is 28.3 Å². The van der Waals surface area contributed by atoms with E-state index in [-0.39, 0.29) is 12.3 Å². The summed E-state index contributed by atoms with van der Waals surface area (Å²) in [7, 11) is 0. The molecule has 1 amide bonds. The summed E-state index contributed by atoms with van der Waals surface area (Å²) in [6, 6.07) is 12.1. The molecule has 4 rings (SSSR count). The van der Waals surface area contributed by atoms with Crippen LogP contribution in [0.2, 0.25) is 0 Å². The molecule has 0 radical (unpaired) electrons. The number of nitrogens with zero attached hydrogens (tertiary/aromatic N) is 2.